The maximum Gasteiger partial charge on any atom is 0.284 e. The topological polar surface area (TPSA) is 112 Å². The van der Waals surface area contributed by atoms with E-state index in [1.807, 2.05) is 36.9 Å². The van der Waals surface area contributed by atoms with Crippen molar-refractivity contribution in [2.24, 2.45) is 7.05 Å². The van der Waals surface area contributed by atoms with E-state index < -0.39 is 17.3 Å². The van der Waals surface area contributed by atoms with Gasteiger partial charge in [-0.15, -0.1) is 10.2 Å². The molecule has 3 heterocycles. The SMILES string of the molecule is Cc1c(C(=O)Nc2ccc(Oc3ccnc(-c4nncn4CCCN(C)C)c3)c(F)c2)c(=O)n(-c2ccccc2)n1C. The third-order valence-corrected chi connectivity index (χ3v) is 6.78. The van der Waals surface area contributed by atoms with Gasteiger partial charge >= 0.3 is 0 Å². The van der Waals surface area contributed by atoms with Gasteiger partial charge < -0.3 is 19.5 Å². The van der Waals surface area contributed by atoms with Gasteiger partial charge in [0.1, 0.15) is 23.3 Å². The Bertz CT molecular complexity index is 1780. The minimum atomic E-state index is -0.690. The first kappa shape index (κ1) is 28.4. The normalized spacial score (nSPS) is 11.2. The highest BCUT2D eigenvalue weighted by molar-refractivity contribution is 6.05. The molecular formula is C30H31FN8O3. The number of anilines is 1. The Morgan fingerprint density at radius 3 is 2.62 bits per heavy atom. The van der Waals surface area contributed by atoms with Crippen LogP contribution in [-0.2, 0) is 13.6 Å². The molecule has 5 aromatic rings. The summed E-state index contributed by atoms with van der Waals surface area (Å²) >= 11 is 0. The first-order valence-electron chi connectivity index (χ1n) is 13.3. The van der Waals surface area contributed by atoms with E-state index in [4.69, 9.17) is 4.74 Å². The number of halogens is 1. The molecule has 5 rings (SSSR count). The van der Waals surface area contributed by atoms with Gasteiger partial charge in [-0.2, -0.15) is 0 Å². The predicted molar refractivity (Wildman–Crippen MR) is 157 cm³/mol. The van der Waals surface area contributed by atoms with Crippen LogP contribution < -0.4 is 15.6 Å². The number of aromatic nitrogens is 6. The molecule has 2 aromatic carbocycles. The highest BCUT2D eigenvalue weighted by atomic mass is 19.1. The molecule has 1 N–H and O–H groups in total. The number of hydrogen-bond donors (Lipinski definition) is 1. The minimum absolute atomic E-state index is 0.0269. The monoisotopic (exact) mass is 570 g/mol. The summed E-state index contributed by atoms with van der Waals surface area (Å²) in [6, 6.07) is 16.4. The third kappa shape index (κ3) is 5.98. The van der Waals surface area contributed by atoms with Gasteiger partial charge in [-0.05, 0) is 64.3 Å². The molecule has 0 saturated heterocycles. The number of amides is 1. The number of nitrogens with zero attached hydrogens (tertiary/aromatic N) is 7. The van der Waals surface area contributed by atoms with Gasteiger partial charge in [0.05, 0.1) is 11.4 Å². The van der Waals surface area contributed by atoms with Gasteiger partial charge in [0.2, 0.25) is 0 Å². The number of benzene rings is 2. The van der Waals surface area contributed by atoms with E-state index in [0.717, 1.165) is 25.6 Å². The largest absolute Gasteiger partial charge is 0.454 e. The fourth-order valence-electron chi connectivity index (χ4n) is 4.58. The van der Waals surface area contributed by atoms with Crippen molar-refractivity contribution in [3.8, 4) is 28.7 Å². The summed E-state index contributed by atoms with van der Waals surface area (Å²) in [7, 11) is 5.73. The number of pyridine rings is 1. The lowest BCUT2D eigenvalue weighted by Crippen LogP contribution is -2.25. The molecule has 11 nitrogen and oxygen atoms in total. The summed E-state index contributed by atoms with van der Waals surface area (Å²) in [5, 5.41) is 10.8. The number of nitrogens with one attached hydrogen (secondary N) is 1. The fraction of sp³-hybridized carbons (Fsp3) is 0.233. The van der Waals surface area contributed by atoms with Crippen LogP contribution in [0, 0.1) is 12.7 Å². The summed E-state index contributed by atoms with van der Waals surface area (Å²) in [6.45, 7) is 3.32. The van der Waals surface area contributed by atoms with Crippen molar-refractivity contribution in [2.75, 3.05) is 26.0 Å². The van der Waals surface area contributed by atoms with Gasteiger partial charge in [0.25, 0.3) is 11.5 Å². The van der Waals surface area contributed by atoms with Crippen molar-refractivity contribution in [1.82, 2.24) is 34.0 Å². The Balaban J connectivity index is 1.31. The van der Waals surface area contributed by atoms with Crippen LogP contribution >= 0.6 is 0 Å². The molecular weight excluding hydrogens is 539 g/mol. The Kier molecular flexibility index (Phi) is 8.25. The molecule has 0 fully saturated rings. The molecule has 0 atom stereocenters. The summed E-state index contributed by atoms with van der Waals surface area (Å²) < 4.78 is 25.8. The lowest BCUT2D eigenvalue weighted by molar-refractivity contribution is 0.102. The quantitative estimate of drug-likeness (QED) is 0.267. The Morgan fingerprint density at radius 1 is 1.10 bits per heavy atom. The van der Waals surface area contributed by atoms with Crippen LogP contribution in [0.15, 0.2) is 78.0 Å². The van der Waals surface area contributed by atoms with E-state index in [9.17, 15) is 9.59 Å². The van der Waals surface area contributed by atoms with E-state index >= 15 is 4.39 Å². The van der Waals surface area contributed by atoms with Crippen molar-refractivity contribution in [3.05, 3.63) is 101 Å². The molecule has 42 heavy (non-hydrogen) atoms. The molecule has 1 amide bonds. The van der Waals surface area contributed by atoms with Gasteiger partial charge in [-0.1, -0.05) is 18.2 Å². The lowest BCUT2D eigenvalue weighted by Gasteiger charge is -2.12. The number of carbonyl (C=O) groups is 1. The van der Waals surface area contributed by atoms with E-state index in [1.54, 1.807) is 55.4 Å². The molecule has 0 radical (unpaired) electrons. The number of para-hydroxylation sites is 1. The summed E-state index contributed by atoms with van der Waals surface area (Å²) in [5.41, 5.74) is 1.33. The second-order valence-electron chi connectivity index (χ2n) is 10.0. The molecule has 12 heteroatoms. The van der Waals surface area contributed by atoms with Crippen molar-refractivity contribution in [3.63, 3.8) is 0 Å². The van der Waals surface area contributed by atoms with Gasteiger partial charge in [0, 0.05) is 37.6 Å². The number of ether oxygens (including phenoxy) is 1. The molecule has 216 valence electrons. The average Bonchev–Trinajstić information content (AvgIpc) is 3.52. The number of rotatable bonds is 10. The number of aryl methyl sites for hydroxylation is 1. The molecule has 0 aliphatic rings. The molecule has 0 aliphatic carbocycles. The maximum atomic E-state index is 15.1. The molecule has 0 saturated carbocycles. The van der Waals surface area contributed by atoms with Gasteiger partial charge in [-0.25, -0.2) is 9.07 Å². The zero-order chi connectivity index (χ0) is 29.8. The zero-order valence-electron chi connectivity index (χ0n) is 23.8. The van der Waals surface area contributed by atoms with Crippen LogP contribution in [0.2, 0.25) is 0 Å². The third-order valence-electron chi connectivity index (χ3n) is 6.78. The predicted octanol–water partition coefficient (Wildman–Crippen LogP) is 4.27. The molecule has 0 aliphatic heterocycles. The minimum Gasteiger partial charge on any atom is -0.454 e. The summed E-state index contributed by atoms with van der Waals surface area (Å²) in [5.74, 6) is -0.422. The Morgan fingerprint density at radius 2 is 1.88 bits per heavy atom. The summed E-state index contributed by atoms with van der Waals surface area (Å²) in [4.78, 5) is 32.7. The molecule has 0 bridgehead atoms. The molecule has 3 aromatic heterocycles. The first-order chi connectivity index (χ1) is 20.2. The lowest BCUT2D eigenvalue weighted by atomic mass is 10.2. The molecule has 0 spiro atoms. The average molecular weight is 571 g/mol. The van der Waals surface area contributed by atoms with Crippen LogP contribution in [0.25, 0.3) is 17.2 Å². The Hall–Kier alpha value is -5.10. The highest BCUT2D eigenvalue weighted by Gasteiger charge is 2.22. The van der Waals surface area contributed by atoms with Gasteiger partial charge in [0.15, 0.2) is 17.4 Å². The maximum absolute atomic E-state index is 15.1. The van der Waals surface area contributed by atoms with Crippen molar-refractivity contribution in [1.29, 1.82) is 0 Å². The van der Waals surface area contributed by atoms with Crippen LogP contribution in [0.1, 0.15) is 22.5 Å². The standard InChI is InChI=1S/C30H31FN8O3/c1-20-27(30(41)39(37(20)4)22-9-6-5-7-10-22)29(40)34-21-11-12-26(24(31)17-21)42-23-13-14-32-25(18-23)28-35-33-19-38(28)16-8-15-36(2)3/h5-7,9-14,17-19H,8,15-16H2,1-4H3,(H,34,40). The van der Waals surface area contributed by atoms with E-state index in [-0.39, 0.29) is 17.0 Å². The zero-order valence-corrected chi connectivity index (χ0v) is 23.8. The van der Waals surface area contributed by atoms with Crippen LogP contribution in [0.3, 0.4) is 0 Å². The number of carbonyl (C=O) groups excluding carboxylic acids is 1. The van der Waals surface area contributed by atoms with Gasteiger partial charge in [-0.3, -0.25) is 19.3 Å². The summed E-state index contributed by atoms with van der Waals surface area (Å²) in [6.07, 6.45) is 4.12. The smallest absolute Gasteiger partial charge is 0.284 e. The van der Waals surface area contributed by atoms with Crippen molar-refractivity contribution >= 4 is 11.6 Å². The van der Waals surface area contributed by atoms with E-state index in [0.29, 0.717) is 28.6 Å². The van der Waals surface area contributed by atoms with Crippen molar-refractivity contribution < 1.29 is 13.9 Å². The van der Waals surface area contributed by atoms with Crippen LogP contribution in [0.5, 0.6) is 11.5 Å². The van der Waals surface area contributed by atoms with Crippen LogP contribution in [0.4, 0.5) is 10.1 Å². The highest BCUT2D eigenvalue weighted by Crippen LogP contribution is 2.29. The number of hydrogen-bond acceptors (Lipinski definition) is 7. The second-order valence-corrected chi connectivity index (χ2v) is 10.0. The second kappa shape index (κ2) is 12.2. The van der Waals surface area contributed by atoms with Crippen LogP contribution in [-0.4, -0.2) is 60.6 Å². The van der Waals surface area contributed by atoms with E-state index in [1.165, 1.54) is 16.8 Å². The first-order valence-corrected chi connectivity index (χ1v) is 13.3. The molecule has 0 unspecified atom stereocenters. The van der Waals surface area contributed by atoms with E-state index in [2.05, 4.69) is 25.4 Å². The van der Waals surface area contributed by atoms with Crippen molar-refractivity contribution in [2.45, 2.75) is 19.9 Å². The fourth-order valence-corrected chi connectivity index (χ4v) is 4.58. The Labute approximate surface area is 241 Å².